The van der Waals surface area contributed by atoms with E-state index < -0.39 is 16.4 Å². The van der Waals surface area contributed by atoms with Crippen LogP contribution in [0.25, 0.3) is 0 Å². The number of amides is 1. The van der Waals surface area contributed by atoms with E-state index in [1.807, 2.05) is 11.4 Å². The lowest BCUT2D eigenvalue weighted by atomic mass is 10.0. The molecule has 2 rings (SSSR count). The van der Waals surface area contributed by atoms with Crippen molar-refractivity contribution in [3.8, 4) is 0 Å². The Hall–Kier alpha value is -2.25. The highest BCUT2D eigenvalue weighted by atomic mass is 32.1. The highest BCUT2D eigenvalue weighted by molar-refractivity contribution is 7.10. The molecule has 1 atom stereocenters. The van der Waals surface area contributed by atoms with Crippen molar-refractivity contribution >= 4 is 22.9 Å². The van der Waals surface area contributed by atoms with Crippen LogP contribution in [0.5, 0.6) is 0 Å². The van der Waals surface area contributed by atoms with E-state index in [-0.39, 0.29) is 17.8 Å². The van der Waals surface area contributed by atoms with E-state index in [1.54, 1.807) is 19.9 Å². The van der Waals surface area contributed by atoms with Gasteiger partial charge in [-0.25, -0.2) is 0 Å². The summed E-state index contributed by atoms with van der Waals surface area (Å²) in [5.41, 5.74) is -0.593. The number of rotatable bonds is 5. The Morgan fingerprint density at radius 2 is 2.18 bits per heavy atom. The molecule has 2 aromatic rings. The van der Waals surface area contributed by atoms with E-state index in [0.29, 0.717) is 5.56 Å². The lowest BCUT2D eigenvalue weighted by Gasteiger charge is -2.22. The fourth-order valence-electron chi connectivity index (χ4n) is 1.97. The number of benzene rings is 1. The molecule has 2 N–H and O–H groups in total. The van der Waals surface area contributed by atoms with Gasteiger partial charge in [0.1, 0.15) is 5.60 Å². The Bertz CT molecular complexity index is 696. The molecule has 0 bridgehead atoms. The fraction of sp³-hybridized carbons (Fsp3) is 0.267. The first-order valence-electron chi connectivity index (χ1n) is 6.61. The standard InChI is InChI=1S/C15H16N2O4S/c1-10-5-6-11(8-12(10)17(20)21)14(18)16-9-15(2,19)13-4-3-7-22-13/h3-8,19H,9H2,1-2H3,(H,16,18). The minimum atomic E-state index is -1.18. The lowest BCUT2D eigenvalue weighted by Crippen LogP contribution is -2.38. The topological polar surface area (TPSA) is 92.5 Å². The van der Waals surface area contributed by atoms with Crippen molar-refractivity contribution in [2.45, 2.75) is 19.4 Å². The van der Waals surface area contributed by atoms with Gasteiger partial charge in [0.05, 0.1) is 11.5 Å². The molecule has 1 amide bonds. The molecule has 0 radical (unpaired) electrons. The van der Waals surface area contributed by atoms with E-state index in [2.05, 4.69) is 5.32 Å². The lowest BCUT2D eigenvalue weighted by molar-refractivity contribution is -0.385. The van der Waals surface area contributed by atoms with E-state index in [0.717, 1.165) is 4.88 Å². The maximum Gasteiger partial charge on any atom is 0.273 e. The summed E-state index contributed by atoms with van der Waals surface area (Å²) in [7, 11) is 0. The smallest absolute Gasteiger partial charge is 0.273 e. The molecular weight excluding hydrogens is 304 g/mol. The molecule has 0 saturated carbocycles. The van der Waals surface area contributed by atoms with Gasteiger partial charge in [-0.05, 0) is 31.4 Å². The molecule has 1 aromatic heterocycles. The summed E-state index contributed by atoms with van der Waals surface area (Å²) in [4.78, 5) is 23.2. The summed E-state index contributed by atoms with van der Waals surface area (Å²) in [6.45, 7) is 3.24. The summed E-state index contributed by atoms with van der Waals surface area (Å²) in [6, 6.07) is 7.90. The van der Waals surface area contributed by atoms with Crippen LogP contribution in [0.3, 0.4) is 0 Å². The molecule has 6 nitrogen and oxygen atoms in total. The van der Waals surface area contributed by atoms with Gasteiger partial charge < -0.3 is 10.4 Å². The molecule has 7 heteroatoms. The number of nitro groups is 1. The van der Waals surface area contributed by atoms with Crippen LogP contribution in [0.15, 0.2) is 35.7 Å². The zero-order valence-corrected chi connectivity index (χ0v) is 13.0. The minimum absolute atomic E-state index is 0.0218. The fourth-order valence-corrected chi connectivity index (χ4v) is 2.76. The molecule has 0 saturated heterocycles. The van der Waals surface area contributed by atoms with Gasteiger partial charge in [-0.15, -0.1) is 11.3 Å². The first kappa shape index (κ1) is 16.1. The summed E-state index contributed by atoms with van der Waals surface area (Å²) < 4.78 is 0. The first-order chi connectivity index (χ1) is 10.3. The Balaban J connectivity index is 2.10. The molecule has 116 valence electrons. The number of hydrogen-bond acceptors (Lipinski definition) is 5. The Kier molecular flexibility index (Phi) is 4.58. The minimum Gasteiger partial charge on any atom is -0.383 e. The van der Waals surface area contributed by atoms with Gasteiger partial charge in [-0.1, -0.05) is 12.1 Å². The highest BCUT2D eigenvalue weighted by Crippen LogP contribution is 2.24. The van der Waals surface area contributed by atoms with Crippen LogP contribution in [0.2, 0.25) is 0 Å². The Morgan fingerprint density at radius 3 is 2.77 bits per heavy atom. The van der Waals surface area contributed by atoms with Crippen LogP contribution < -0.4 is 5.32 Å². The van der Waals surface area contributed by atoms with Crippen molar-refractivity contribution in [1.29, 1.82) is 0 Å². The van der Waals surface area contributed by atoms with Crippen molar-refractivity contribution in [2.24, 2.45) is 0 Å². The molecule has 0 fully saturated rings. The molecule has 0 spiro atoms. The van der Waals surface area contributed by atoms with Crippen LogP contribution in [0.1, 0.15) is 27.7 Å². The van der Waals surface area contributed by atoms with Gasteiger partial charge >= 0.3 is 0 Å². The summed E-state index contributed by atoms with van der Waals surface area (Å²) in [5, 5.41) is 25.7. The third-order valence-corrected chi connectivity index (χ3v) is 4.44. The molecule has 22 heavy (non-hydrogen) atoms. The summed E-state index contributed by atoms with van der Waals surface area (Å²) in [6.07, 6.45) is 0. The molecule has 0 aliphatic rings. The van der Waals surface area contributed by atoms with Crippen molar-refractivity contribution in [1.82, 2.24) is 5.32 Å². The average molecular weight is 320 g/mol. The SMILES string of the molecule is Cc1ccc(C(=O)NCC(C)(O)c2cccs2)cc1[N+](=O)[O-]. The van der Waals surface area contributed by atoms with E-state index in [9.17, 15) is 20.0 Å². The van der Waals surface area contributed by atoms with Crippen molar-refractivity contribution in [3.63, 3.8) is 0 Å². The number of carbonyl (C=O) groups is 1. The van der Waals surface area contributed by atoms with Gasteiger partial charge in [0.15, 0.2) is 0 Å². The summed E-state index contributed by atoms with van der Waals surface area (Å²) >= 11 is 1.40. The van der Waals surface area contributed by atoms with Gasteiger partial charge in [-0.2, -0.15) is 0 Å². The molecule has 1 heterocycles. The largest absolute Gasteiger partial charge is 0.383 e. The monoisotopic (exact) mass is 320 g/mol. The molecule has 0 aliphatic carbocycles. The van der Waals surface area contributed by atoms with Gasteiger partial charge in [0, 0.05) is 22.1 Å². The number of carbonyl (C=O) groups excluding carboxylic acids is 1. The number of aliphatic hydroxyl groups is 1. The predicted molar refractivity (Wildman–Crippen MR) is 84.1 cm³/mol. The third-order valence-electron chi connectivity index (χ3n) is 3.31. The van der Waals surface area contributed by atoms with E-state index in [1.165, 1.54) is 29.5 Å². The molecule has 1 unspecified atom stereocenters. The zero-order chi connectivity index (χ0) is 16.3. The van der Waals surface area contributed by atoms with E-state index >= 15 is 0 Å². The molecule has 1 aromatic carbocycles. The van der Waals surface area contributed by atoms with Crippen LogP contribution in [0, 0.1) is 17.0 Å². The van der Waals surface area contributed by atoms with Crippen molar-refractivity contribution in [3.05, 3.63) is 61.8 Å². The van der Waals surface area contributed by atoms with Crippen LogP contribution in [-0.4, -0.2) is 22.5 Å². The van der Waals surface area contributed by atoms with Gasteiger partial charge in [0.2, 0.25) is 0 Å². The maximum absolute atomic E-state index is 12.1. The second-order valence-corrected chi connectivity index (χ2v) is 6.14. The second-order valence-electron chi connectivity index (χ2n) is 5.19. The van der Waals surface area contributed by atoms with Gasteiger partial charge in [-0.3, -0.25) is 14.9 Å². The first-order valence-corrected chi connectivity index (χ1v) is 7.49. The molecule has 0 aliphatic heterocycles. The maximum atomic E-state index is 12.1. The number of aryl methyl sites for hydroxylation is 1. The number of nitrogens with zero attached hydrogens (tertiary/aromatic N) is 1. The zero-order valence-electron chi connectivity index (χ0n) is 12.2. The highest BCUT2D eigenvalue weighted by Gasteiger charge is 2.25. The number of nitrogens with one attached hydrogen (secondary N) is 1. The number of thiophene rings is 1. The van der Waals surface area contributed by atoms with Crippen LogP contribution in [0.4, 0.5) is 5.69 Å². The van der Waals surface area contributed by atoms with Crippen LogP contribution >= 0.6 is 11.3 Å². The quantitative estimate of drug-likeness (QED) is 0.654. The normalized spacial score (nSPS) is 13.4. The van der Waals surface area contributed by atoms with Crippen molar-refractivity contribution in [2.75, 3.05) is 6.54 Å². The van der Waals surface area contributed by atoms with Crippen molar-refractivity contribution < 1.29 is 14.8 Å². The summed E-state index contributed by atoms with van der Waals surface area (Å²) in [5.74, 6) is -0.458. The van der Waals surface area contributed by atoms with E-state index in [4.69, 9.17) is 0 Å². The van der Waals surface area contributed by atoms with Crippen LogP contribution in [-0.2, 0) is 5.60 Å². The average Bonchev–Trinajstić information content (AvgIpc) is 3.00. The second kappa shape index (κ2) is 6.25. The third kappa shape index (κ3) is 3.49. The number of nitro benzene ring substituents is 1. The predicted octanol–water partition coefficient (Wildman–Crippen LogP) is 2.60. The number of hydrogen-bond donors (Lipinski definition) is 2. The molecular formula is C15H16N2O4S. The van der Waals surface area contributed by atoms with Gasteiger partial charge in [0.25, 0.3) is 11.6 Å². The Morgan fingerprint density at radius 1 is 1.45 bits per heavy atom. The Labute approximate surface area is 131 Å².